The van der Waals surface area contributed by atoms with E-state index in [1.807, 2.05) is 19.9 Å². The van der Waals surface area contributed by atoms with Crippen molar-refractivity contribution in [3.05, 3.63) is 15.8 Å². The van der Waals surface area contributed by atoms with Gasteiger partial charge in [-0.3, -0.25) is 0 Å². The molecule has 0 aliphatic carbocycles. The largest absolute Gasteiger partial charge is 0.316 e. The van der Waals surface area contributed by atoms with Gasteiger partial charge in [-0.05, 0) is 57.6 Å². The number of hydrogen-bond acceptors (Lipinski definition) is 4. The fourth-order valence-corrected chi connectivity index (χ4v) is 6.86. The maximum Gasteiger partial charge on any atom is 0.244 e. The lowest BCUT2D eigenvalue weighted by Crippen LogP contribution is -2.52. The molecule has 21 heavy (non-hydrogen) atoms. The molecule has 0 amide bonds. The predicted molar refractivity (Wildman–Crippen MR) is 86.3 cm³/mol. The molecule has 1 spiro atoms. The van der Waals surface area contributed by atoms with Crippen molar-refractivity contribution in [2.45, 2.75) is 44.4 Å². The minimum absolute atomic E-state index is 0.155. The van der Waals surface area contributed by atoms with E-state index >= 15 is 0 Å². The molecule has 2 fully saturated rings. The molecule has 0 radical (unpaired) electrons. The van der Waals surface area contributed by atoms with Gasteiger partial charge in [0, 0.05) is 29.4 Å². The van der Waals surface area contributed by atoms with Crippen molar-refractivity contribution >= 4 is 21.4 Å². The van der Waals surface area contributed by atoms with E-state index in [9.17, 15) is 8.42 Å². The Morgan fingerprint density at radius 1 is 1.29 bits per heavy atom. The molecule has 4 nitrogen and oxygen atoms in total. The van der Waals surface area contributed by atoms with Crippen LogP contribution >= 0.6 is 11.3 Å². The quantitative estimate of drug-likeness (QED) is 0.907. The van der Waals surface area contributed by atoms with E-state index in [0.717, 1.165) is 48.5 Å². The van der Waals surface area contributed by atoms with Gasteiger partial charge in [-0.25, -0.2) is 8.42 Å². The fourth-order valence-electron chi connectivity index (χ4n) is 3.75. The summed E-state index contributed by atoms with van der Waals surface area (Å²) in [4.78, 5) is 2.50. The summed E-state index contributed by atoms with van der Waals surface area (Å²) >= 11 is 1.57. The number of piperidine rings is 2. The Morgan fingerprint density at radius 2 is 2.05 bits per heavy atom. The van der Waals surface area contributed by atoms with Crippen molar-refractivity contribution in [3.63, 3.8) is 0 Å². The first-order valence-corrected chi connectivity index (χ1v) is 9.97. The third kappa shape index (κ3) is 2.91. The van der Waals surface area contributed by atoms with Crippen LogP contribution in [0.25, 0.3) is 0 Å². The average molecular weight is 329 g/mol. The molecule has 1 atom stereocenters. The van der Waals surface area contributed by atoms with Crippen LogP contribution in [-0.4, -0.2) is 38.9 Å². The van der Waals surface area contributed by atoms with Gasteiger partial charge in [0.05, 0.1) is 4.90 Å². The highest BCUT2D eigenvalue weighted by molar-refractivity contribution is 7.89. The van der Waals surface area contributed by atoms with Crippen LogP contribution in [0.3, 0.4) is 0 Å². The van der Waals surface area contributed by atoms with Crippen LogP contribution in [0.4, 0.5) is 0 Å². The van der Waals surface area contributed by atoms with E-state index in [0.29, 0.717) is 18.0 Å². The van der Waals surface area contributed by atoms with E-state index in [1.54, 1.807) is 15.6 Å². The topological polar surface area (TPSA) is 49.4 Å². The van der Waals surface area contributed by atoms with Gasteiger partial charge >= 0.3 is 0 Å². The summed E-state index contributed by atoms with van der Waals surface area (Å²) < 4.78 is 27.7. The maximum absolute atomic E-state index is 13.0. The molecule has 2 aliphatic heterocycles. The second-order valence-corrected chi connectivity index (χ2v) is 9.87. The summed E-state index contributed by atoms with van der Waals surface area (Å²) in [5, 5.41) is 3.45. The zero-order valence-corrected chi connectivity index (χ0v) is 14.4. The Hall–Kier alpha value is -0.430. The van der Waals surface area contributed by atoms with Crippen LogP contribution in [0.15, 0.2) is 11.0 Å². The molecule has 2 aliphatic rings. The van der Waals surface area contributed by atoms with Crippen LogP contribution in [0.5, 0.6) is 0 Å². The molecule has 6 heteroatoms. The highest BCUT2D eigenvalue weighted by atomic mass is 32.2. The molecule has 1 aromatic rings. The van der Waals surface area contributed by atoms with Crippen LogP contribution in [0, 0.1) is 19.3 Å². The average Bonchev–Trinajstić information content (AvgIpc) is 2.79. The van der Waals surface area contributed by atoms with Crippen LogP contribution < -0.4 is 5.32 Å². The maximum atomic E-state index is 13.0. The Morgan fingerprint density at radius 3 is 2.67 bits per heavy atom. The summed E-state index contributed by atoms with van der Waals surface area (Å²) in [7, 11) is -3.33. The summed E-state index contributed by atoms with van der Waals surface area (Å²) in [5.41, 5.74) is 0.155. The molecule has 0 saturated carbocycles. The number of aryl methyl sites for hydroxylation is 2. The molecule has 1 N–H and O–H groups in total. The highest BCUT2D eigenvalue weighted by Gasteiger charge is 2.41. The molecule has 118 valence electrons. The molecule has 0 aromatic carbocycles. The lowest BCUT2D eigenvalue weighted by molar-refractivity contribution is 0.110. The smallest absolute Gasteiger partial charge is 0.244 e. The van der Waals surface area contributed by atoms with Gasteiger partial charge in [0.15, 0.2) is 0 Å². The molecule has 1 aromatic heterocycles. The zero-order chi connectivity index (χ0) is 15.1. The highest BCUT2D eigenvalue weighted by Crippen LogP contribution is 2.38. The minimum Gasteiger partial charge on any atom is -0.316 e. The molecular weight excluding hydrogens is 304 g/mol. The first-order chi connectivity index (χ1) is 9.93. The zero-order valence-electron chi connectivity index (χ0n) is 12.8. The molecule has 1 unspecified atom stereocenters. The Bertz CT molecular complexity index is 610. The van der Waals surface area contributed by atoms with Gasteiger partial charge in [0.2, 0.25) is 10.0 Å². The van der Waals surface area contributed by atoms with Gasteiger partial charge in [-0.1, -0.05) is 0 Å². The van der Waals surface area contributed by atoms with E-state index < -0.39 is 10.0 Å². The van der Waals surface area contributed by atoms with E-state index in [4.69, 9.17) is 0 Å². The van der Waals surface area contributed by atoms with Crippen LogP contribution in [-0.2, 0) is 10.0 Å². The predicted octanol–water partition coefficient (Wildman–Crippen LogP) is 2.52. The van der Waals surface area contributed by atoms with Gasteiger partial charge in [-0.15, -0.1) is 11.3 Å². The second kappa shape index (κ2) is 5.65. The Labute approximate surface area is 131 Å². The summed E-state index contributed by atoms with van der Waals surface area (Å²) in [6, 6.07) is 1.83. The van der Waals surface area contributed by atoms with E-state index in [2.05, 4.69) is 5.32 Å². The van der Waals surface area contributed by atoms with Crippen molar-refractivity contribution < 1.29 is 8.42 Å². The van der Waals surface area contributed by atoms with Gasteiger partial charge < -0.3 is 5.32 Å². The van der Waals surface area contributed by atoms with E-state index in [-0.39, 0.29) is 5.41 Å². The first-order valence-electron chi connectivity index (χ1n) is 7.71. The number of nitrogens with one attached hydrogen (secondary N) is 1. The number of rotatable bonds is 2. The molecule has 3 rings (SSSR count). The van der Waals surface area contributed by atoms with Gasteiger partial charge in [0.25, 0.3) is 0 Å². The van der Waals surface area contributed by atoms with Crippen LogP contribution in [0.2, 0.25) is 0 Å². The first kappa shape index (κ1) is 15.5. The number of sulfonamides is 1. The van der Waals surface area contributed by atoms with Crippen molar-refractivity contribution in [2.75, 3.05) is 26.2 Å². The van der Waals surface area contributed by atoms with Crippen molar-refractivity contribution in [3.8, 4) is 0 Å². The third-order valence-electron chi connectivity index (χ3n) is 4.80. The lowest BCUT2D eigenvalue weighted by Gasteiger charge is -2.44. The van der Waals surface area contributed by atoms with Crippen LogP contribution in [0.1, 0.15) is 35.4 Å². The van der Waals surface area contributed by atoms with Crippen molar-refractivity contribution in [1.29, 1.82) is 0 Å². The monoisotopic (exact) mass is 328 g/mol. The number of hydrogen-bond donors (Lipinski definition) is 1. The number of thiophene rings is 1. The SMILES string of the molecule is Cc1cc(S(=O)(=O)N2CCCC3(CCCNC3)C2)c(C)s1. The number of nitrogens with zero attached hydrogens (tertiary/aromatic N) is 1. The minimum atomic E-state index is -3.33. The fraction of sp³-hybridized carbons (Fsp3) is 0.733. The van der Waals surface area contributed by atoms with Gasteiger partial charge in [-0.2, -0.15) is 4.31 Å². The lowest BCUT2D eigenvalue weighted by atomic mass is 9.75. The standard InChI is InChI=1S/C15H24N2O2S2/c1-12-9-14(13(2)20-12)21(18,19)17-8-4-6-15(11-17)5-3-7-16-10-15/h9,16H,3-8,10-11H2,1-2H3. The summed E-state index contributed by atoms with van der Waals surface area (Å²) in [6.45, 7) is 7.25. The third-order valence-corrected chi connectivity index (χ3v) is 7.87. The summed E-state index contributed by atoms with van der Waals surface area (Å²) in [5.74, 6) is 0. The summed E-state index contributed by atoms with van der Waals surface area (Å²) in [6.07, 6.45) is 4.43. The molecular formula is C15H24N2O2S2. The molecule has 2 saturated heterocycles. The van der Waals surface area contributed by atoms with Gasteiger partial charge in [0.1, 0.15) is 0 Å². The normalized spacial score (nSPS) is 28.1. The second-order valence-electron chi connectivity index (χ2n) is 6.50. The van der Waals surface area contributed by atoms with Crippen molar-refractivity contribution in [2.24, 2.45) is 5.41 Å². The molecule has 3 heterocycles. The van der Waals surface area contributed by atoms with E-state index in [1.165, 1.54) is 0 Å². The Balaban J connectivity index is 1.87. The molecule has 0 bridgehead atoms. The van der Waals surface area contributed by atoms with Crippen molar-refractivity contribution in [1.82, 2.24) is 9.62 Å². The Kier molecular flexibility index (Phi) is 4.16.